The summed E-state index contributed by atoms with van der Waals surface area (Å²) in [7, 11) is 0. The maximum absolute atomic E-state index is 10.3. The normalized spacial score (nSPS) is 12.8. The monoisotopic (exact) mass is 396 g/mol. The maximum Gasteiger partial charge on any atom is 0.191 e. The third-order valence-corrected chi connectivity index (χ3v) is 5.05. The quantitative estimate of drug-likeness (QED) is 0.400. The Morgan fingerprint density at radius 2 is 1.59 bits per heavy atom. The number of hydrogen-bond donors (Lipinski definition) is 3. The van der Waals surface area contributed by atoms with Crippen molar-refractivity contribution in [3.8, 4) is 0 Å². The Labute approximate surface area is 175 Å². The van der Waals surface area contributed by atoms with Gasteiger partial charge in [-0.05, 0) is 43.1 Å². The molecule has 0 aliphatic carbocycles. The molecular formula is C24H36N4O. The molecule has 2 aromatic rings. The molecule has 1 unspecified atom stereocenters. The van der Waals surface area contributed by atoms with Crippen molar-refractivity contribution in [1.29, 1.82) is 0 Å². The second-order valence-electron chi connectivity index (χ2n) is 7.07. The molecular weight excluding hydrogens is 360 g/mol. The lowest BCUT2D eigenvalue weighted by molar-refractivity contribution is 0.168. The summed E-state index contributed by atoms with van der Waals surface area (Å²) >= 11 is 0. The highest BCUT2D eigenvalue weighted by atomic mass is 16.3. The molecule has 0 aliphatic heterocycles. The molecule has 0 spiro atoms. The molecule has 0 saturated carbocycles. The van der Waals surface area contributed by atoms with Gasteiger partial charge in [-0.25, -0.2) is 4.99 Å². The number of aliphatic imine (C=N–C) groups is 1. The van der Waals surface area contributed by atoms with E-state index in [4.69, 9.17) is 4.99 Å². The lowest BCUT2D eigenvalue weighted by Crippen LogP contribution is -2.38. The van der Waals surface area contributed by atoms with Crippen LogP contribution in [-0.4, -0.2) is 42.1 Å². The second-order valence-corrected chi connectivity index (χ2v) is 7.07. The average molecular weight is 397 g/mol. The zero-order chi connectivity index (χ0) is 20.9. The number of aliphatic hydroxyl groups excluding tert-OH is 1. The summed E-state index contributed by atoms with van der Waals surface area (Å²) in [5.41, 5.74) is 3.53. The van der Waals surface area contributed by atoms with Crippen molar-refractivity contribution >= 4 is 5.96 Å². The first-order valence-electron chi connectivity index (χ1n) is 10.7. The highest BCUT2D eigenvalue weighted by Gasteiger charge is 2.08. The summed E-state index contributed by atoms with van der Waals surface area (Å²) in [6, 6.07) is 18.3. The van der Waals surface area contributed by atoms with Gasteiger partial charge in [-0.3, -0.25) is 4.90 Å². The minimum atomic E-state index is -0.471. The van der Waals surface area contributed by atoms with Crippen LogP contribution in [0.2, 0.25) is 0 Å². The van der Waals surface area contributed by atoms with Crippen molar-refractivity contribution in [3.63, 3.8) is 0 Å². The SMILES string of the molecule is CCNC(=NCc1ccccc1CN(CC)CC)NCCC(O)c1ccccc1. The minimum absolute atomic E-state index is 0.471. The van der Waals surface area contributed by atoms with E-state index >= 15 is 0 Å². The van der Waals surface area contributed by atoms with Crippen LogP contribution >= 0.6 is 0 Å². The Morgan fingerprint density at radius 1 is 0.931 bits per heavy atom. The summed E-state index contributed by atoms with van der Waals surface area (Å²) < 4.78 is 0. The van der Waals surface area contributed by atoms with Gasteiger partial charge >= 0.3 is 0 Å². The van der Waals surface area contributed by atoms with E-state index in [-0.39, 0.29) is 0 Å². The van der Waals surface area contributed by atoms with Crippen molar-refractivity contribution in [1.82, 2.24) is 15.5 Å². The lowest BCUT2D eigenvalue weighted by atomic mass is 10.1. The first-order valence-corrected chi connectivity index (χ1v) is 10.7. The molecule has 0 aromatic heterocycles. The summed E-state index contributed by atoms with van der Waals surface area (Å²) in [5, 5.41) is 17.0. The van der Waals surface area contributed by atoms with Crippen LogP contribution in [-0.2, 0) is 13.1 Å². The van der Waals surface area contributed by atoms with Crippen LogP contribution in [0.4, 0.5) is 0 Å². The van der Waals surface area contributed by atoms with Gasteiger partial charge in [-0.15, -0.1) is 0 Å². The van der Waals surface area contributed by atoms with Crippen LogP contribution in [0.15, 0.2) is 59.6 Å². The zero-order valence-corrected chi connectivity index (χ0v) is 18.1. The second kappa shape index (κ2) is 13.0. The molecule has 0 fully saturated rings. The first kappa shape index (κ1) is 22.9. The van der Waals surface area contributed by atoms with Gasteiger partial charge in [0.2, 0.25) is 0 Å². The molecule has 5 nitrogen and oxygen atoms in total. The fourth-order valence-electron chi connectivity index (χ4n) is 3.23. The summed E-state index contributed by atoms with van der Waals surface area (Å²) in [5.74, 6) is 0.783. The number of guanidine groups is 1. The van der Waals surface area contributed by atoms with Crippen LogP contribution in [0.3, 0.4) is 0 Å². The number of rotatable bonds is 11. The summed E-state index contributed by atoms with van der Waals surface area (Å²) in [6.45, 7) is 11.6. The fraction of sp³-hybridized carbons (Fsp3) is 0.458. The molecule has 0 amide bonds. The van der Waals surface area contributed by atoms with Gasteiger partial charge in [0.25, 0.3) is 0 Å². The van der Waals surface area contributed by atoms with E-state index in [2.05, 4.69) is 60.6 Å². The molecule has 0 aliphatic rings. The van der Waals surface area contributed by atoms with Crippen LogP contribution in [0.25, 0.3) is 0 Å². The molecule has 0 radical (unpaired) electrons. The topological polar surface area (TPSA) is 59.9 Å². The standard InChI is InChI=1S/C24H36N4O/c1-4-25-24(26-17-16-23(29)20-12-8-7-9-13-20)27-18-21-14-10-11-15-22(21)19-28(5-2)6-3/h7-15,23,29H,4-6,16-19H2,1-3H3,(H2,25,26,27). The number of aliphatic hydroxyl groups is 1. The Bertz CT molecular complexity index is 729. The number of nitrogens with zero attached hydrogens (tertiary/aromatic N) is 2. The predicted molar refractivity (Wildman–Crippen MR) is 122 cm³/mol. The molecule has 0 saturated heterocycles. The molecule has 158 valence electrons. The third kappa shape index (κ3) is 7.87. The van der Waals surface area contributed by atoms with Crippen molar-refractivity contribution in [2.45, 2.75) is 46.4 Å². The van der Waals surface area contributed by atoms with Crippen LogP contribution in [0.1, 0.15) is 50.0 Å². The average Bonchev–Trinajstić information content (AvgIpc) is 2.77. The molecule has 2 rings (SSSR count). The van der Waals surface area contributed by atoms with E-state index in [1.807, 2.05) is 30.3 Å². The van der Waals surface area contributed by atoms with Crippen molar-refractivity contribution in [2.24, 2.45) is 4.99 Å². The summed E-state index contributed by atoms with van der Waals surface area (Å²) in [6.07, 6.45) is 0.161. The van der Waals surface area contributed by atoms with Gasteiger partial charge < -0.3 is 15.7 Å². The number of nitrogens with one attached hydrogen (secondary N) is 2. The Balaban J connectivity index is 1.95. The van der Waals surface area contributed by atoms with Gasteiger partial charge in [0.1, 0.15) is 0 Å². The van der Waals surface area contributed by atoms with Crippen molar-refractivity contribution < 1.29 is 5.11 Å². The Morgan fingerprint density at radius 3 is 2.24 bits per heavy atom. The smallest absolute Gasteiger partial charge is 0.191 e. The summed E-state index contributed by atoms with van der Waals surface area (Å²) in [4.78, 5) is 7.18. The molecule has 0 bridgehead atoms. The van der Waals surface area contributed by atoms with Gasteiger partial charge in [-0.1, -0.05) is 68.4 Å². The van der Waals surface area contributed by atoms with E-state index in [1.54, 1.807) is 0 Å². The van der Waals surface area contributed by atoms with Crippen LogP contribution in [0, 0.1) is 0 Å². The van der Waals surface area contributed by atoms with E-state index in [1.165, 1.54) is 11.1 Å². The highest BCUT2D eigenvalue weighted by molar-refractivity contribution is 5.79. The molecule has 0 heterocycles. The van der Waals surface area contributed by atoms with Gasteiger partial charge in [0, 0.05) is 19.6 Å². The van der Waals surface area contributed by atoms with Crippen LogP contribution in [0.5, 0.6) is 0 Å². The zero-order valence-electron chi connectivity index (χ0n) is 18.1. The molecule has 5 heteroatoms. The molecule has 29 heavy (non-hydrogen) atoms. The third-order valence-electron chi connectivity index (χ3n) is 5.05. The van der Waals surface area contributed by atoms with Crippen molar-refractivity contribution in [2.75, 3.05) is 26.2 Å². The van der Waals surface area contributed by atoms with E-state index in [0.717, 1.165) is 37.7 Å². The van der Waals surface area contributed by atoms with Gasteiger partial charge in [-0.2, -0.15) is 0 Å². The van der Waals surface area contributed by atoms with E-state index < -0.39 is 6.10 Å². The predicted octanol–water partition coefficient (Wildman–Crippen LogP) is 3.71. The molecule has 2 aromatic carbocycles. The molecule has 1 atom stereocenters. The van der Waals surface area contributed by atoms with Gasteiger partial charge in [0.05, 0.1) is 12.6 Å². The van der Waals surface area contributed by atoms with E-state index in [0.29, 0.717) is 19.5 Å². The van der Waals surface area contributed by atoms with Gasteiger partial charge in [0.15, 0.2) is 5.96 Å². The Hall–Kier alpha value is -2.37. The van der Waals surface area contributed by atoms with Crippen LogP contribution < -0.4 is 10.6 Å². The number of benzene rings is 2. The van der Waals surface area contributed by atoms with Crippen molar-refractivity contribution in [3.05, 3.63) is 71.3 Å². The molecule has 3 N–H and O–H groups in total. The maximum atomic E-state index is 10.3. The Kier molecular flexibility index (Phi) is 10.2. The fourth-order valence-corrected chi connectivity index (χ4v) is 3.23. The largest absolute Gasteiger partial charge is 0.388 e. The van der Waals surface area contributed by atoms with E-state index in [9.17, 15) is 5.11 Å². The first-order chi connectivity index (χ1) is 14.2. The minimum Gasteiger partial charge on any atom is -0.388 e. The highest BCUT2D eigenvalue weighted by Crippen LogP contribution is 2.15. The lowest BCUT2D eigenvalue weighted by Gasteiger charge is -2.20. The number of hydrogen-bond acceptors (Lipinski definition) is 3.